The summed E-state index contributed by atoms with van der Waals surface area (Å²) < 4.78 is 1.61. The quantitative estimate of drug-likeness (QED) is 0.780. The number of nitrogens with zero attached hydrogens (tertiary/aromatic N) is 1. The van der Waals surface area contributed by atoms with Crippen LogP contribution in [0.1, 0.15) is 41.6 Å². The van der Waals surface area contributed by atoms with Crippen LogP contribution in [0.3, 0.4) is 0 Å². The third kappa shape index (κ3) is 2.40. The van der Waals surface area contributed by atoms with E-state index < -0.39 is 0 Å². The lowest BCUT2D eigenvalue weighted by molar-refractivity contribution is 0.0839. The van der Waals surface area contributed by atoms with Crippen molar-refractivity contribution in [1.82, 2.24) is 4.31 Å². The molecule has 2 nitrogen and oxygen atoms in total. The van der Waals surface area contributed by atoms with Crippen LogP contribution in [0.5, 0.6) is 0 Å². The Morgan fingerprint density at radius 3 is 2.69 bits per heavy atom. The van der Waals surface area contributed by atoms with Crippen LogP contribution in [0.4, 0.5) is 0 Å². The molecule has 1 aliphatic rings. The zero-order chi connectivity index (χ0) is 11.5. The number of amides is 1. The van der Waals surface area contributed by atoms with E-state index in [-0.39, 0.29) is 5.91 Å². The van der Waals surface area contributed by atoms with Gasteiger partial charge in [0.2, 0.25) is 0 Å². The van der Waals surface area contributed by atoms with Gasteiger partial charge < -0.3 is 0 Å². The Morgan fingerprint density at radius 2 is 2.06 bits per heavy atom. The monoisotopic (exact) mass is 235 g/mol. The fourth-order valence-corrected chi connectivity index (χ4v) is 2.57. The summed E-state index contributed by atoms with van der Waals surface area (Å²) >= 11 is 4.35. The molecule has 0 aromatic heterocycles. The average molecular weight is 235 g/mol. The molecule has 0 bridgehead atoms. The molecule has 0 heterocycles. The first-order valence-electron chi connectivity index (χ1n) is 5.77. The van der Waals surface area contributed by atoms with Gasteiger partial charge in [-0.1, -0.05) is 43.4 Å². The molecule has 0 aliphatic heterocycles. The fraction of sp³-hybridized carbons (Fsp3) is 0.462. The first-order chi connectivity index (χ1) is 7.68. The highest BCUT2D eigenvalue weighted by Crippen LogP contribution is 2.26. The first kappa shape index (κ1) is 11.5. The van der Waals surface area contributed by atoms with E-state index in [1.165, 1.54) is 12.8 Å². The van der Waals surface area contributed by atoms with E-state index in [1.807, 2.05) is 31.2 Å². The summed E-state index contributed by atoms with van der Waals surface area (Å²) in [4.78, 5) is 12.1. The number of carbonyl (C=O) groups excluding carboxylic acids is 1. The van der Waals surface area contributed by atoms with Gasteiger partial charge in [0.1, 0.15) is 0 Å². The number of carbonyl (C=O) groups is 1. The van der Waals surface area contributed by atoms with Gasteiger partial charge in [0, 0.05) is 11.6 Å². The Hall–Kier alpha value is -0.960. The number of aryl methyl sites for hydroxylation is 1. The van der Waals surface area contributed by atoms with Gasteiger partial charge in [-0.05, 0) is 31.9 Å². The van der Waals surface area contributed by atoms with Crippen LogP contribution in [-0.2, 0) is 0 Å². The molecule has 16 heavy (non-hydrogen) atoms. The smallest absolute Gasteiger partial charge is 0.263 e. The van der Waals surface area contributed by atoms with Gasteiger partial charge in [0.25, 0.3) is 5.91 Å². The van der Waals surface area contributed by atoms with Crippen molar-refractivity contribution in [3.05, 3.63) is 35.4 Å². The van der Waals surface area contributed by atoms with Gasteiger partial charge in [0.15, 0.2) is 0 Å². The molecule has 0 unspecified atom stereocenters. The third-order valence-electron chi connectivity index (χ3n) is 3.14. The maximum Gasteiger partial charge on any atom is 0.263 e. The SMILES string of the molecule is Cc1cccc(C(=O)N(S)C2CCCC2)c1. The molecule has 3 heteroatoms. The topological polar surface area (TPSA) is 20.3 Å². The fourth-order valence-electron chi connectivity index (χ4n) is 2.23. The Bertz CT molecular complexity index is 385. The molecule has 0 atom stereocenters. The number of benzene rings is 1. The summed E-state index contributed by atoms with van der Waals surface area (Å²) in [7, 11) is 0. The highest BCUT2D eigenvalue weighted by Gasteiger charge is 2.25. The van der Waals surface area contributed by atoms with E-state index in [1.54, 1.807) is 4.31 Å². The van der Waals surface area contributed by atoms with Gasteiger partial charge in [-0.3, -0.25) is 9.10 Å². The van der Waals surface area contributed by atoms with Gasteiger partial charge >= 0.3 is 0 Å². The average Bonchev–Trinajstić information content (AvgIpc) is 2.80. The molecule has 0 saturated heterocycles. The summed E-state index contributed by atoms with van der Waals surface area (Å²) in [6.07, 6.45) is 4.59. The number of thiol groups is 1. The second-order valence-electron chi connectivity index (χ2n) is 4.46. The Labute approximate surface area is 102 Å². The third-order valence-corrected chi connectivity index (χ3v) is 3.65. The van der Waals surface area contributed by atoms with E-state index in [2.05, 4.69) is 12.8 Å². The molecule has 1 fully saturated rings. The van der Waals surface area contributed by atoms with Crippen LogP contribution in [0, 0.1) is 6.92 Å². The zero-order valence-electron chi connectivity index (χ0n) is 9.52. The second kappa shape index (κ2) is 4.91. The van der Waals surface area contributed by atoms with Crippen molar-refractivity contribution >= 4 is 18.7 Å². The largest absolute Gasteiger partial charge is 0.282 e. The summed E-state index contributed by atoms with van der Waals surface area (Å²) in [6.45, 7) is 2.00. The summed E-state index contributed by atoms with van der Waals surface area (Å²) in [6, 6.07) is 8.00. The van der Waals surface area contributed by atoms with Gasteiger partial charge in [0.05, 0.1) is 0 Å². The summed E-state index contributed by atoms with van der Waals surface area (Å²) in [5, 5.41) is 0. The van der Waals surface area contributed by atoms with Crippen LogP contribution < -0.4 is 0 Å². The van der Waals surface area contributed by atoms with Crippen molar-refractivity contribution in [3.63, 3.8) is 0 Å². The van der Waals surface area contributed by atoms with E-state index in [9.17, 15) is 4.79 Å². The minimum Gasteiger partial charge on any atom is -0.282 e. The Balaban J connectivity index is 2.12. The molecule has 1 saturated carbocycles. The molecule has 1 amide bonds. The van der Waals surface area contributed by atoms with Gasteiger partial charge in [-0.15, -0.1) is 0 Å². The standard InChI is InChI=1S/C13H17NOS/c1-10-5-4-6-11(9-10)13(15)14(16)12-7-2-3-8-12/h4-6,9,12,16H,2-3,7-8H2,1H3. The van der Waals surface area contributed by atoms with Crippen molar-refractivity contribution in [2.75, 3.05) is 0 Å². The minimum atomic E-state index is 0.0268. The molecule has 86 valence electrons. The van der Waals surface area contributed by atoms with Crippen LogP contribution >= 0.6 is 12.8 Å². The molecule has 1 aromatic carbocycles. The summed E-state index contributed by atoms with van der Waals surface area (Å²) in [5.74, 6) is 0.0268. The number of rotatable bonds is 2. The predicted octanol–water partition coefficient (Wildman–Crippen LogP) is 3.22. The Morgan fingerprint density at radius 1 is 1.38 bits per heavy atom. The lowest BCUT2D eigenvalue weighted by Gasteiger charge is -2.22. The molecular weight excluding hydrogens is 218 g/mol. The van der Waals surface area contributed by atoms with E-state index in [4.69, 9.17) is 0 Å². The van der Waals surface area contributed by atoms with E-state index >= 15 is 0 Å². The molecule has 1 aliphatic carbocycles. The van der Waals surface area contributed by atoms with Crippen LogP contribution in [0.25, 0.3) is 0 Å². The van der Waals surface area contributed by atoms with Crippen molar-refractivity contribution in [2.45, 2.75) is 38.6 Å². The normalized spacial score (nSPS) is 16.4. The van der Waals surface area contributed by atoms with E-state index in [0.717, 1.165) is 24.0 Å². The lowest BCUT2D eigenvalue weighted by Crippen LogP contribution is -2.30. The molecule has 0 spiro atoms. The van der Waals surface area contributed by atoms with Crippen molar-refractivity contribution in [2.24, 2.45) is 0 Å². The molecule has 2 rings (SSSR count). The van der Waals surface area contributed by atoms with Gasteiger partial charge in [-0.25, -0.2) is 0 Å². The van der Waals surface area contributed by atoms with Crippen molar-refractivity contribution in [1.29, 1.82) is 0 Å². The highest BCUT2D eigenvalue weighted by atomic mass is 32.1. The van der Waals surface area contributed by atoms with E-state index in [0.29, 0.717) is 6.04 Å². The highest BCUT2D eigenvalue weighted by molar-refractivity contribution is 7.78. The van der Waals surface area contributed by atoms with Crippen molar-refractivity contribution in [3.8, 4) is 0 Å². The maximum atomic E-state index is 12.1. The summed E-state index contributed by atoms with van der Waals surface area (Å²) in [5.41, 5.74) is 1.85. The van der Waals surface area contributed by atoms with Gasteiger partial charge in [-0.2, -0.15) is 0 Å². The molecule has 0 N–H and O–H groups in total. The van der Waals surface area contributed by atoms with Crippen molar-refractivity contribution < 1.29 is 4.79 Å². The number of hydrogen-bond acceptors (Lipinski definition) is 2. The Kier molecular flexibility index (Phi) is 3.54. The second-order valence-corrected chi connectivity index (χ2v) is 4.89. The molecule has 1 aromatic rings. The molecule has 0 radical (unpaired) electrons. The predicted molar refractivity (Wildman–Crippen MR) is 68.6 cm³/mol. The molecular formula is C13H17NOS. The lowest BCUT2D eigenvalue weighted by atomic mass is 10.1. The van der Waals surface area contributed by atoms with Crippen LogP contribution in [-0.4, -0.2) is 16.3 Å². The minimum absolute atomic E-state index is 0.0268. The van der Waals surface area contributed by atoms with Crippen LogP contribution in [0.15, 0.2) is 24.3 Å². The number of hydrogen-bond donors (Lipinski definition) is 1. The van der Waals surface area contributed by atoms with Crippen LogP contribution in [0.2, 0.25) is 0 Å². The zero-order valence-corrected chi connectivity index (χ0v) is 10.4. The maximum absolute atomic E-state index is 12.1. The first-order valence-corrected chi connectivity index (χ1v) is 6.17.